The number of esters is 1. The van der Waals surface area contributed by atoms with Crippen LogP contribution < -0.4 is 0 Å². The molecule has 3 saturated heterocycles. The van der Waals surface area contributed by atoms with Gasteiger partial charge in [-0.15, -0.1) is 0 Å². The minimum Gasteiger partial charge on any atom is -0.459 e. The van der Waals surface area contributed by atoms with E-state index in [0.29, 0.717) is 0 Å². The first-order valence-electron chi connectivity index (χ1n) is 7.71. The van der Waals surface area contributed by atoms with E-state index in [-0.39, 0.29) is 30.5 Å². The number of fused-ring (bicyclic) bond motifs is 7. The molecule has 21 heavy (non-hydrogen) atoms. The Morgan fingerprint density at radius 3 is 2.62 bits per heavy atom. The lowest BCUT2D eigenvalue weighted by molar-refractivity contribution is -0.235. The molecule has 5 rings (SSSR count). The molecule has 2 saturated carbocycles. The van der Waals surface area contributed by atoms with Gasteiger partial charge in [0.15, 0.2) is 0 Å². The lowest BCUT2D eigenvalue weighted by Crippen LogP contribution is -2.70. The minimum absolute atomic E-state index is 0.106. The van der Waals surface area contributed by atoms with Crippen LogP contribution in [0.5, 0.6) is 0 Å². The third-order valence-corrected chi connectivity index (χ3v) is 6.99. The molecular formula is C15H20O6. The van der Waals surface area contributed by atoms with Gasteiger partial charge >= 0.3 is 5.97 Å². The molecule has 0 spiro atoms. The first-order chi connectivity index (χ1) is 9.78. The van der Waals surface area contributed by atoms with Crippen LogP contribution >= 0.6 is 0 Å². The quantitative estimate of drug-likeness (QED) is 0.499. The molecule has 6 heteroatoms. The van der Waals surface area contributed by atoms with Gasteiger partial charge in [0.1, 0.15) is 35.6 Å². The van der Waals surface area contributed by atoms with Crippen molar-refractivity contribution in [3.63, 3.8) is 0 Å². The summed E-state index contributed by atoms with van der Waals surface area (Å²) in [7, 11) is 0. The normalized spacial score (nSPS) is 66.3. The molecule has 5 aliphatic rings. The molecule has 0 aromatic heterocycles. The average Bonchev–Trinajstić information content (AvgIpc) is 3.05. The summed E-state index contributed by atoms with van der Waals surface area (Å²) < 4.78 is 17.0. The first-order valence-corrected chi connectivity index (χ1v) is 7.71. The van der Waals surface area contributed by atoms with Gasteiger partial charge in [0.2, 0.25) is 0 Å². The third-order valence-electron chi connectivity index (χ3n) is 6.99. The molecule has 0 aromatic carbocycles. The van der Waals surface area contributed by atoms with Crippen molar-refractivity contribution < 1.29 is 29.2 Å². The average molecular weight is 296 g/mol. The van der Waals surface area contributed by atoms with Crippen LogP contribution in [-0.2, 0) is 19.0 Å². The molecule has 0 radical (unpaired) electrons. The molecule has 3 aliphatic heterocycles. The van der Waals surface area contributed by atoms with Crippen LogP contribution in [0.2, 0.25) is 0 Å². The number of carbonyl (C=O) groups excluding carboxylic acids is 1. The molecular weight excluding hydrogens is 276 g/mol. The van der Waals surface area contributed by atoms with Crippen molar-refractivity contribution in [3.8, 4) is 0 Å². The highest BCUT2D eigenvalue weighted by atomic mass is 16.7. The summed E-state index contributed by atoms with van der Waals surface area (Å²) in [6.07, 6.45) is -1.78. The van der Waals surface area contributed by atoms with Crippen LogP contribution in [0.3, 0.4) is 0 Å². The molecule has 2 N–H and O–H groups in total. The van der Waals surface area contributed by atoms with E-state index in [1.165, 1.54) is 0 Å². The maximum absolute atomic E-state index is 12.4. The number of hydrogen-bond donors (Lipinski definition) is 2. The predicted octanol–water partition coefficient (Wildman–Crippen LogP) is -0.538. The van der Waals surface area contributed by atoms with Crippen molar-refractivity contribution >= 4 is 5.97 Å². The van der Waals surface area contributed by atoms with Gasteiger partial charge in [-0.1, -0.05) is 20.8 Å². The van der Waals surface area contributed by atoms with E-state index < -0.39 is 40.8 Å². The lowest BCUT2D eigenvalue weighted by Gasteiger charge is -2.54. The summed E-state index contributed by atoms with van der Waals surface area (Å²) in [5.74, 6) is -0.950. The Bertz CT molecular complexity index is 562. The summed E-state index contributed by atoms with van der Waals surface area (Å²) in [5.41, 5.74) is -3.56. The van der Waals surface area contributed by atoms with Gasteiger partial charge < -0.3 is 24.4 Å². The van der Waals surface area contributed by atoms with E-state index >= 15 is 0 Å². The summed E-state index contributed by atoms with van der Waals surface area (Å²) in [6, 6.07) is 0. The van der Waals surface area contributed by atoms with Gasteiger partial charge in [0.05, 0.1) is 17.9 Å². The molecule has 0 amide bonds. The summed E-state index contributed by atoms with van der Waals surface area (Å²) in [4.78, 5) is 12.4. The van der Waals surface area contributed by atoms with E-state index in [0.717, 1.165) is 0 Å². The monoisotopic (exact) mass is 296 g/mol. The van der Waals surface area contributed by atoms with E-state index in [2.05, 4.69) is 0 Å². The smallest absolute Gasteiger partial charge is 0.312 e. The second-order valence-electron chi connectivity index (χ2n) is 7.86. The molecule has 0 unspecified atom stereocenters. The number of carbonyl (C=O) groups is 1. The highest BCUT2D eigenvalue weighted by Gasteiger charge is 2.93. The summed E-state index contributed by atoms with van der Waals surface area (Å²) >= 11 is 0. The lowest BCUT2D eigenvalue weighted by atomic mass is 9.52. The Morgan fingerprint density at radius 1 is 1.24 bits per heavy atom. The molecule has 0 aromatic rings. The van der Waals surface area contributed by atoms with Gasteiger partial charge in [-0.2, -0.15) is 0 Å². The van der Waals surface area contributed by atoms with Gasteiger partial charge in [-0.3, -0.25) is 4.79 Å². The van der Waals surface area contributed by atoms with Crippen molar-refractivity contribution in [3.05, 3.63) is 0 Å². The van der Waals surface area contributed by atoms with E-state index in [1.807, 2.05) is 20.8 Å². The fraction of sp³-hybridized carbons (Fsp3) is 0.933. The van der Waals surface area contributed by atoms with E-state index in [9.17, 15) is 15.0 Å². The highest BCUT2D eigenvalue weighted by Crippen LogP contribution is 2.74. The number of epoxide rings is 1. The Balaban J connectivity index is 1.77. The Hall–Kier alpha value is -0.690. The van der Waals surface area contributed by atoms with E-state index in [4.69, 9.17) is 14.2 Å². The van der Waals surface area contributed by atoms with Crippen molar-refractivity contribution in [2.45, 2.75) is 56.4 Å². The molecule has 116 valence electrons. The van der Waals surface area contributed by atoms with Crippen LogP contribution in [0, 0.1) is 23.2 Å². The van der Waals surface area contributed by atoms with Gasteiger partial charge in [-0.05, 0) is 5.92 Å². The van der Waals surface area contributed by atoms with Crippen LogP contribution in [0.1, 0.15) is 20.8 Å². The predicted molar refractivity (Wildman–Crippen MR) is 68.1 cm³/mol. The standard InChI is InChI=1S/C15H20O6/c1-5(2)6-7-12(16)20-8(6)9-13(3)14(17,4-19-9)10-11(21-10)15(7,13)18/h5-11,17-18H,4H2,1-3H3/t6-,7+,8+,9+,10+,11-,13-,14+,15-/m0/s1. The van der Waals surface area contributed by atoms with Gasteiger partial charge in [0, 0.05) is 5.92 Å². The molecule has 3 heterocycles. The van der Waals surface area contributed by atoms with E-state index in [1.54, 1.807) is 0 Å². The van der Waals surface area contributed by atoms with Crippen molar-refractivity contribution in [1.82, 2.24) is 0 Å². The van der Waals surface area contributed by atoms with Crippen LogP contribution in [-0.4, -0.2) is 58.4 Å². The van der Waals surface area contributed by atoms with Crippen molar-refractivity contribution in [2.75, 3.05) is 6.61 Å². The minimum atomic E-state index is -1.41. The molecule has 6 nitrogen and oxygen atoms in total. The summed E-state index contributed by atoms with van der Waals surface area (Å²) in [6.45, 7) is 6.02. The van der Waals surface area contributed by atoms with Crippen molar-refractivity contribution in [2.24, 2.45) is 23.2 Å². The second kappa shape index (κ2) is 3.15. The zero-order chi connectivity index (χ0) is 14.9. The number of rotatable bonds is 1. The Morgan fingerprint density at radius 2 is 1.95 bits per heavy atom. The summed E-state index contributed by atoms with van der Waals surface area (Å²) in [5, 5.41) is 22.6. The first kappa shape index (κ1) is 12.8. The SMILES string of the molecule is CC(C)[C@@H]1[C@H]2OC(=O)[C@@H]1[C@]1(O)[C@H]3O[C@H]3[C@]3(O)CO[C@H]2[C@]13C. The van der Waals surface area contributed by atoms with Gasteiger partial charge in [-0.25, -0.2) is 0 Å². The van der Waals surface area contributed by atoms with Crippen molar-refractivity contribution in [1.29, 1.82) is 0 Å². The number of aliphatic hydroxyl groups is 2. The zero-order valence-electron chi connectivity index (χ0n) is 12.3. The zero-order valence-corrected chi connectivity index (χ0v) is 12.3. The maximum Gasteiger partial charge on any atom is 0.312 e. The fourth-order valence-corrected chi connectivity index (χ4v) is 5.89. The molecule has 9 atom stereocenters. The van der Waals surface area contributed by atoms with Crippen LogP contribution in [0.25, 0.3) is 0 Å². The van der Waals surface area contributed by atoms with Crippen LogP contribution in [0.15, 0.2) is 0 Å². The van der Waals surface area contributed by atoms with Crippen LogP contribution in [0.4, 0.5) is 0 Å². The maximum atomic E-state index is 12.4. The second-order valence-corrected chi connectivity index (χ2v) is 7.86. The molecule has 5 fully saturated rings. The fourth-order valence-electron chi connectivity index (χ4n) is 5.89. The molecule has 2 bridgehead atoms. The Kier molecular flexibility index (Phi) is 1.92. The third kappa shape index (κ3) is 0.968. The number of ether oxygens (including phenoxy) is 3. The highest BCUT2D eigenvalue weighted by molar-refractivity contribution is 5.79. The molecule has 2 aliphatic carbocycles. The Labute approximate surface area is 122 Å². The number of hydrogen-bond acceptors (Lipinski definition) is 6. The largest absolute Gasteiger partial charge is 0.459 e. The topological polar surface area (TPSA) is 88.5 Å². The van der Waals surface area contributed by atoms with Gasteiger partial charge in [0.25, 0.3) is 0 Å².